The lowest BCUT2D eigenvalue weighted by molar-refractivity contribution is 0.196. The van der Waals surface area contributed by atoms with E-state index in [0.717, 1.165) is 37.2 Å². The summed E-state index contributed by atoms with van der Waals surface area (Å²) in [5, 5.41) is 4.39. The molecule has 146 valence electrons. The Labute approximate surface area is 165 Å². The van der Waals surface area contributed by atoms with E-state index in [2.05, 4.69) is 41.2 Å². The summed E-state index contributed by atoms with van der Waals surface area (Å²) in [5.41, 5.74) is 4.93. The van der Waals surface area contributed by atoms with Crippen molar-refractivity contribution in [3.63, 3.8) is 0 Å². The number of hydrogen-bond donors (Lipinski definition) is 1. The van der Waals surface area contributed by atoms with Gasteiger partial charge in [-0.2, -0.15) is 0 Å². The van der Waals surface area contributed by atoms with E-state index in [1.54, 1.807) is 7.11 Å². The molecule has 0 saturated carbocycles. The van der Waals surface area contributed by atoms with Crippen molar-refractivity contribution < 1.29 is 9.53 Å². The molecule has 2 aromatic carbocycles. The largest absolute Gasteiger partial charge is 0.497 e. The Hall–Kier alpha value is -2.95. The van der Waals surface area contributed by atoms with Crippen molar-refractivity contribution in [3.8, 4) is 5.75 Å². The van der Waals surface area contributed by atoms with E-state index in [4.69, 9.17) is 4.74 Å². The third-order valence-electron chi connectivity index (χ3n) is 5.44. The number of carbonyl (C=O) groups excluding carboxylic acids is 1. The standard InChI is InChI=1S/C23H27N3O2/c1-3-12-25-15-19-11-13-26(16-18-5-4-6-21(25)22(18)19)23(27)24-14-17-7-9-20(28-2)10-8-17/h4-10,15H,3,11-14,16H2,1-2H3,(H,24,27). The van der Waals surface area contributed by atoms with Crippen molar-refractivity contribution >= 4 is 16.9 Å². The maximum atomic E-state index is 12.8. The van der Waals surface area contributed by atoms with E-state index in [1.807, 2.05) is 29.2 Å². The van der Waals surface area contributed by atoms with Crippen molar-refractivity contribution in [1.29, 1.82) is 0 Å². The Balaban J connectivity index is 1.47. The van der Waals surface area contributed by atoms with Gasteiger partial charge in [-0.3, -0.25) is 0 Å². The molecule has 0 spiro atoms. The number of ether oxygens (including phenoxy) is 1. The Morgan fingerprint density at radius 2 is 1.96 bits per heavy atom. The van der Waals surface area contributed by atoms with Crippen LogP contribution in [0.25, 0.3) is 10.9 Å². The molecular formula is C23H27N3O2. The van der Waals surface area contributed by atoms with Crippen LogP contribution in [-0.2, 0) is 26.1 Å². The Kier molecular flexibility index (Phi) is 5.24. The first kappa shape index (κ1) is 18.4. The lowest BCUT2D eigenvalue weighted by atomic mass is 10.1. The molecule has 0 aliphatic carbocycles. The molecule has 1 aliphatic rings. The van der Waals surface area contributed by atoms with Gasteiger partial charge in [-0.05, 0) is 47.7 Å². The predicted octanol–water partition coefficient (Wildman–Crippen LogP) is 4.33. The zero-order valence-corrected chi connectivity index (χ0v) is 16.6. The summed E-state index contributed by atoms with van der Waals surface area (Å²) in [6.45, 7) is 5.13. The average Bonchev–Trinajstić information content (AvgIpc) is 2.96. The van der Waals surface area contributed by atoms with Crippen molar-refractivity contribution in [2.75, 3.05) is 13.7 Å². The van der Waals surface area contributed by atoms with Crippen LogP contribution in [0.5, 0.6) is 5.75 Å². The highest BCUT2D eigenvalue weighted by Crippen LogP contribution is 2.29. The van der Waals surface area contributed by atoms with E-state index in [0.29, 0.717) is 13.1 Å². The molecule has 5 heteroatoms. The molecule has 0 atom stereocenters. The van der Waals surface area contributed by atoms with Gasteiger partial charge < -0.3 is 19.5 Å². The second-order valence-corrected chi connectivity index (χ2v) is 7.34. The van der Waals surface area contributed by atoms with Crippen LogP contribution in [-0.4, -0.2) is 29.2 Å². The van der Waals surface area contributed by atoms with Gasteiger partial charge in [0, 0.05) is 43.3 Å². The van der Waals surface area contributed by atoms with Crippen molar-refractivity contribution in [3.05, 3.63) is 65.4 Å². The highest BCUT2D eigenvalue weighted by molar-refractivity contribution is 5.88. The fraction of sp³-hybridized carbons (Fsp3) is 0.348. The lowest BCUT2D eigenvalue weighted by Gasteiger charge is -2.22. The molecule has 2 amide bonds. The molecule has 0 radical (unpaired) electrons. The van der Waals surface area contributed by atoms with Gasteiger partial charge in [-0.1, -0.05) is 31.2 Å². The highest BCUT2D eigenvalue weighted by atomic mass is 16.5. The normalized spacial score (nSPS) is 13.4. The smallest absolute Gasteiger partial charge is 0.317 e. The first-order valence-corrected chi connectivity index (χ1v) is 9.95. The maximum Gasteiger partial charge on any atom is 0.317 e. The molecule has 1 aliphatic heterocycles. The summed E-state index contributed by atoms with van der Waals surface area (Å²) in [5.74, 6) is 0.820. The molecule has 2 heterocycles. The number of nitrogens with one attached hydrogen (secondary N) is 1. The fourth-order valence-corrected chi connectivity index (χ4v) is 4.01. The molecule has 3 aromatic rings. The van der Waals surface area contributed by atoms with Gasteiger partial charge in [0.05, 0.1) is 7.11 Å². The molecular weight excluding hydrogens is 350 g/mol. The van der Waals surface area contributed by atoms with Gasteiger partial charge in [0.2, 0.25) is 0 Å². The average molecular weight is 377 g/mol. The van der Waals surface area contributed by atoms with Crippen LogP contribution in [0.1, 0.15) is 30.0 Å². The van der Waals surface area contributed by atoms with E-state index in [1.165, 1.54) is 22.0 Å². The first-order valence-electron chi connectivity index (χ1n) is 9.95. The third-order valence-corrected chi connectivity index (χ3v) is 5.44. The molecule has 1 N–H and O–H groups in total. The summed E-state index contributed by atoms with van der Waals surface area (Å²) in [7, 11) is 1.65. The molecule has 0 unspecified atom stereocenters. The van der Waals surface area contributed by atoms with Crippen LogP contribution in [0.4, 0.5) is 4.79 Å². The highest BCUT2D eigenvalue weighted by Gasteiger charge is 2.22. The van der Waals surface area contributed by atoms with Crippen molar-refractivity contribution in [1.82, 2.24) is 14.8 Å². The van der Waals surface area contributed by atoms with Crippen LogP contribution in [0.3, 0.4) is 0 Å². The van der Waals surface area contributed by atoms with Gasteiger partial charge in [-0.15, -0.1) is 0 Å². The molecule has 0 fully saturated rings. The first-order chi connectivity index (χ1) is 13.7. The molecule has 4 rings (SSSR count). The van der Waals surface area contributed by atoms with Crippen LogP contribution in [0, 0.1) is 0 Å². The number of nitrogens with zero attached hydrogens (tertiary/aromatic N) is 2. The predicted molar refractivity (Wildman–Crippen MR) is 112 cm³/mol. The lowest BCUT2D eigenvalue weighted by Crippen LogP contribution is -2.39. The monoisotopic (exact) mass is 377 g/mol. The maximum absolute atomic E-state index is 12.8. The Morgan fingerprint density at radius 3 is 2.71 bits per heavy atom. The van der Waals surface area contributed by atoms with E-state index in [-0.39, 0.29) is 6.03 Å². The zero-order valence-electron chi connectivity index (χ0n) is 16.6. The van der Waals surface area contributed by atoms with Crippen LogP contribution >= 0.6 is 0 Å². The molecule has 1 aromatic heterocycles. The topological polar surface area (TPSA) is 46.5 Å². The van der Waals surface area contributed by atoms with E-state index in [9.17, 15) is 4.79 Å². The number of rotatable bonds is 5. The summed E-state index contributed by atoms with van der Waals surface area (Å²) in [6.07, 6.45) is 4.28. The molecule has 28 heavy (non-hydrogen) atoms. The zero-order chi connectivity index (χ0) is 19.5. The van der Waals surface area contributed by atoms with Gasteiger partial charge in [0.25, 0.3) is 0 Å². The second-order valence-electron chi connectivity index (χ2n) is 7.34. The van der Waals surface area contributed by atoms with Crippen LogP contribution in [0.15, 0.2) is 48.7 Å². The van der Waals surface area contributed by atoms with E-state index >= 15 is 0 Å². The number of urea groups is 1. The molecule has 0 saturated heterocycles. The summed E-state index contributed by atoms with van der Waals surface area (Å²) < 4.78 is 7.54. The summed E-state index contributed by atoms with van der Waals surface area (Å²) in [4.78, 5) is 14.7. The Morgan fingerprint density at radius 1 is 1.14 bits per heavy atom. The summed E-state index contributed by atoms with van der Waals surface area (Å²) in [6, 6.07) is 14.2. The minimum Gasteiger partial charge on any atom is -0.497 e. The summed E-state index contributed by atoms with van der Waals surface area (Å²) >= 11 is 0. The van der Waals surface area contributed by atoms with Crippen molar-refractivity contribution in [2.24, 2.45) is 0 Å². The number of carbonyl (C=O) groups is 1. The quantitative estimate of drug-likeness (QED) is 0.719. The fourth-order valence-electron chi connectivity index (χ4n) is 4.01. The molecule has 5 nitrogen and oxygen atoms in total. The number of aromatic nitrogens is 1. The number of amides is 2. The van der Waals surface area contributed by atoms with Gasteiger partial charge >= 0.3 is 6.03 Å². The SMILES string of the molecule is CCCn1cc2c3c(cccc31)CN(C(=O)NCc1ccc(OC)cc1)CC2. The number of benzene rings is 2. The van der Waals surface area contributed by atoms with Gasteiger partial charge in [0.15, 0.2) is 0 Å². The van der Waals surface area contributed by atoms with Gasteiger partial charge in [-0.25, -0.2) is 4.79 Å². The second kappa shape index (κ2) is 7.97. The number of aryl methyl sites for hydroxylation is 1. The van der Waals surface area contributed by atoms with Crippen LogP contribution < -0.4 is 10.1 Å². The molecule has 0 bridgehead atoms. The minimum absolute atomic E-state index is 0.0144. The third kappa shape index (κ3) is 3.57. The van der Waals surface area contributed by atoms with Crippen LogP contribution in [0.2, 0.25) is 0 Å². The number of hydrogen-bond acceptors (Lipinski definition) is 2. The van der Waals surface area contributed by atoms with Crippen molar-refractivity contribution in [2.45, 2.75) is 39.4 Å². The number of methoxy groups -OCH3 is 1. The Bertz CT molecular complexity index is 975. The minimum atomic E-state index is -0.0144. The van der Waals surface area contributed by atoms with E-state index < -0.39 is 0 Å². The van der Waals surface area contributed by atoms with Gasteiger partial charge in [0.1, 0.15) is 5.75 Å².